The van der Waals surface area contributed by atoms with Crippen LogP contribution >= 0.6 is 11.6 Å². The van der Waals surface area contributed by atoms with E-state index < -0.39 is 0 Å². The van der Waals surface area contributed by atoms with Crippen LogP contribution < -0.4 is 10.1 Å². The summed E-state index contributed by atoms with van der Waals surface area (Å²) in [5.74, 6) is 0.701. The van der Waals surface area contributed by atoms with Gasteiger partial charge in [-0.3, -0.25) is 4.79 Å². The normalized spacial score (nSPS) is 10.5. The van der Waals surface area contributed by atoms with Gasteiger partial charge in [-0.15, -0.1) is 0 Å². The van der Waals surface area contributed by atoms with E-state index in [2.05, 4.69) is 15.3 Å². The van der Waals surface area contributed by atoms with E-state index in [0.717, 1.165) is 0 Å². The number of carbonyl (C=O) groups is 1. The number of carbonyl (C=O) groups excluding carboxylic acids is 1. The summed E-state index contributed by atoms with van der Waals surface area (Å²) in [6.07, 6.45) is 1.56. The summed E-state index contributed by atoms with van der Waals surface area (Å²) in [5.41, 5.74) is 1.81. The summed E-state index contributed by atoms with van der Waals surface area (Å²) < 4.78 is 18.9. The van der Waals surface area contributed by atoms with E-state index in [-0.39, 0.29) is 11.7 Å². The van der Waals surface area contributed by atoms with Crippen molar-refractivity contribution in [1.29, 1.82) is 0 Å². The number of benzene rings is 3. The van der Waals surface area contributed by atoms with E-state index in [0.29, 0.717) is 39.3 Å². The van der Waals surface area contributed by atoms with Crippen LogP contribution in [0.25, 0.3) is 11.4 Å². The molecule has 0 spiro atoms. The van der Waals surface area contributed by atoms with Gasteiger partial charge < -0.3 is 10.1 Å². The summed E-state index contributed by atoms with van der Waals surface area (Å²) in [6, 6.07) is 21.0. The molecule has 0 bridgehead atoms. The third-order valence-corrected chi connectivity index (χ3v) is 4.43. The van der Waals surface area contributed by atoms with Gasteiger partial charge in [-0.05, 0) is 72.8 Å². The topological polar surface area (TPSA) is 64.1 Å². The van der Waals surface area contributed by atoms with Gasteiger partial charge >= 0.3 is 0 Å². The van der Waals surface area contributed by atoms with Crippen LogP contribution in [-0.4, -0.2) is 15.9 Å². The zero-order chi connectivity index (χ0) is 20.9. The van der Waals surface area contributed by atoms with E-state index in [1.165, 1.54) is 12.1 Å². The third-order valence-electron chi connectivity index (χ3n) is 4.17. The summed E-state index contributed by atoms with van der Waals surface area (Å²) >= 11 is 5.85. The van der Waals surface area contributed by atoms with Gasteiger partial charge in [-0.1, -0.05) is 11.6 Å². The Balaban J connectivity index is 1.44. The highest BCUT2D eigenvalue weighted by molar-refractivity contribution is 6.30. The van der Waals surface area contributed by atoms with Crippen molar-refractivity contribution in [2.24, 2.45) is 0 Å². The molecule has 0 unspecified atom stereocenters. The highest BCUT2D eigenvalue weighted by Gasteiger charge is 2.08. The largest absolute Gasteiger partial charge is 0.439 e. The first-order valence-corrected chi connectivity index (χ1v) is 9.38. The van der Waals surface area contributed by atoms with Gasteiger partial charge in [-0.25, -0.2) is 9.37 Å². The number of rotatable bonds is 5. The molecular weight excluding hydrogens is 405 g/mol. The third kappa shape index (κ3) is 4.79. The molecule has 0 aliphatic carbocycles. The molecule has 30 heavy (non-hydrogen) atoms. The van der Waals surface area contributed by atoms with Crippen LogP contribution in [0.3, 0.4) is 0 Å². The number of hydrogen-bond acceptors (Lipinski definition) is 4. The first kappa shape index (κ1) is 19.5. The van der Waals surface area contributed by atoms with Crippen molar-refractivity contribution in [2.75, 3.05) is 5.32 Å². The highest BCUT2D eigenvalue weighted by Crippen LogP contribution is 2.23. The monoisotopic (exact) mass is 419 g/mol. The molecule has 0 radical (unpaired) electrons. The molecule has 0 aliphatic heterocycles. The van der Waals surface area contributed by atoms with Crippen LogP contribution in [0.15, 0.2) is 85.1 Å². The Morgan fingerprint density at radius 1 is 0.900 bits per heavy atom. The predicted molar refractivity (Wildman–Crippen MR) is 113 cm³/mol. The number of nitrogens with one attached hydrogen (secondary N) is 1. The molecule has 7 heteroatoms. The Morgan fingerprint density at radius 2 is 1.60 bits per heavy atom. The van der Waals surface area contributed by atoms with Gasteiger partial charge in [0.2, 0.25) is 5.88 Å². The van der Waals surface area contributed by atoms with Gasteiger partial charge in [0.15, 0.2) is 5.82 Å². The fourth-order valence-corrected chi connectivity index (χ4v) is 2.79. The molecule has 148 valence electrons. The summed E-state index contributed by atoms with van der Waals surface area (Å²) in [6.45, 7) is 0. The summed E-state index contributed by atoms with van der Waals surface area (Å²) in [7, 11) is 0. The Labute approximate surface area is 177 Å². The number of nitrogens with zero attached hydrogens (tertiary/aromatic N) is 2. The van der Waals surface area contributed by atoms with Crippen LogP contribution in [-0.2, 0) is 0 Å². The maximum atomic E-state index is 13.1. The van der Waals surface area contributed by atoms with Crippen molar-refractivity contribution in [3.8, 4) is 23.0 Å². The van der Waals surface area contributed by atoms with Crippen molar-refractivity contribution in [1.82, 2.24) is 9.97 Å². The maximum Gasteiger partial charge on any atom is 0.255 e. The molecular formula is C23H15ClFN3O2. The first-order valence-electron chi connectivity index (χ1n) is 9.01. The zero-order valence-corrected chi connectivity index (χ0v) is 16.3. The highest BCUT2D eigenvalue weighted by atomic mass is 35.5. The lowest BCUT2D eigenvalue weighted by molar-refractivity contribution is 0.102. The van der Waals surface area contributed by atoms with Crippen molar-refractivity contribution >= 4 is 23.2 Å². The molecule has 4 aromatic rings. The first-order chi connectivity index (χ1) is 14.6. The second-order valence-corrected chi connectivity index (χ2v) is 6.75. The van der Waals surface area contributed by atoms with Gasteiger partial charge in [0.25, 0.3) is 5.91 Å². The molecule has 1 aromatic heterocycles. The molecule has 1 amide bonds. The fourth-order valence-electron chi connectivity index (χ4n) is 2.67. The van der Waals surface area contributed by atoms with Crippen LogP contribution in [0.4, 0.5) is 10.1 Å². The van der Waals surface area contributed by atoms with Crippen LogP contribution in [0.5, 0.6) is 11.6 Å². The van der Waals surface area contributed by atoms with Crippen LogP contribution in [0.2, 0.25) is 5.02 Å². The van der Waals surface area contributed by atoms with Crippen molar-refractivity contribution in [3.05, 3.63) is 101 Å². The Morgan fingerprint density at radius 3 is 2.30 bits per heavy atom. The van der Waals surface area contributed by atoms with E-state index in [1.807, 2.05) is 0 Å². The van der Waals surface area contributed by atoms with Crippen molar-refractivity contribution in [3.63, 3.8) is 0 Å². The zero-order valence-electron chi connectivity index (χ0n) is 15.5. The number of anilines is 1. The second kappa shape index (κ2) is 8.71. The quantitative estimate of drug-likeness (QED) is 0.432. The maximum absolute atomic E-state index is 13.1. The number of halogens is 2. The molecule has 0 atom stereocenters. The Bertz CT molecular complexity index is 1160. The predicted octanol–water partition coefficient (Wildman–Crippen LogP) is 5.98. The standard InChI is InChI=1S/C23H15ClFN3O2/c24-17-5-9-19(10-6-17)27-23(29)16-3-11-20(12-4-16)30-21-13-14-26-22(28-21)15-1-7-18(25)8-2-15/h1-14H,(H,27,29). The average Bonchev–Trinajstić information content (AvgIpc) is 2.76. The molecule has 4 rings (SSSR count). The number of hydrogen-bond donors (Lipinski definition) is 1. The van der Waals surface area contributed by atoms with E-state index in [1.54, 1.807) is 72.9 Å². The lowest BCUT2D eigenvalue weighted by Crippen LogP contribution is -2.11. The van der Waals surface area contributed by atoms with Gasteiger partial charge in [-0.2, -0.15) is 4.98 Å². The minimum Gasteiger partial charge on any atom is -0.439 e. The summed E-state index contributed by atoms with van der Waals surface area (Å²) in [4.78, 5) is 20.9. The second-order valence-electron chi connectivity index (χ2n) is 6.31. The minimum atomic E-state index is -0.327. The van der Waals surface area contributed by atoms with Crippen molar-refractivity contribution < 1.29 is 13.9 Å². The Kier molecular flexibility index (Phi) is 5.68. The van der Waals surface area contributed by atoms with Crippen LogP contribution in [0, 0.1) is 5.82 Å². The van der Waals surface area contributed by atoms with Crippen LogP contribution in [0.1, 0.15) is 10.4 Å². The molecule has 0 aliphatic rings. The number of ether oxygens (including phenoxy) is 1. The molecule has 0 fully saturated rings. The smallest absolute Gasteiger partial charge is 0.255 e. The SMILES string of the molecule is O=C(Nc1ccc(Cl)cc1)c1ccc(Oc2ccnc(-c3ccc(F)cc3)n2)cc1. The number of amides is 1. The summed E-state index contributed by atoms with van der Waals surface area (Å²) in [5, 5.41) is 3.40. The number of aromatic nitrogens is 2. The molecule has 0 saturated heterocycles. The average molecular weight is 420 g/mol. The minimum absolute atomic E-state index is 0.246. The van der Waals surface area contributed by atoms with Gasteiger partial charge in [0, 0.05) is 34.1 Å². The lowest BCUT2D eigenvalue weighted by Gasteiger charge is -2.08. The molecule has 3 aromatic carbocycles. The molecule has 1 N–H and O–H groups in total. The molecule has 0 saturated carbocycles. The van der Waals surface area contributed by atoms with Crippen molar-refractivity contribution in [2.45, 2.75) is 0 Å². The van der Waals surface area contributed by atoms with E-state index in [9.17, 15) is 9.18 Å². The van der Waals surface area contributed by atoms with Gasteiger partial charge in [0.05, 0.1) is 0 Å². The fraction of sp³-hybridized carbons (Fsp3) is 0. The molecule has 1 heterocycles. The Hall–Kier alpha value is -3.77. The molecule has 5 nitrogen and oxygen atoms in total. The van der Waals surface area contributed by atoms with E-state index >= 15 is 0 Å². The van der Waals surface area contributed by atoms with Gasteiger partial charge in [0.1, 0.15) is 11.6 Å². The lowest BCUT2D eigenvalue weighted by atomic mass is 10.2. The van der Waals surface area contributed by atoms with E-state index in [4.69, 9.17) is 16.3 Å².